The number of anilines is 2. The average molecular weight is 354 g/mol. The third kappa shape index (κ3) is 3.14. The number of fused-ring (bicyclic) bond motifs is 1. The van der Waals surface area contributed by atoms with Gasteiger partial charge in [0.25, 0.3) is 0 Å². The minimum absolute atomic E-state index is 0.150. The van der Waals surface area contributed by atoms with Gasteiger partial charge in [-0.15, -0.1) is 10.2 Å². The van der Waals surface area contributed by atoms with Crippen LogP contribution in [0, 0.1) is 0 Å². The molecule has 1 aromatic carbocycles. The number of carbonyl (C=O) groups excluding carboxylic acids is 2. The van der Waals surface area contributed by atoms with Crippen molar-refractivity contribution < 1.29 is 9.59 Å². The maximum absolute atomic E-state index is 12.1. The van der Waals surface area contributed by atoms with Crippen molar-refractivity contribution in [3.63, 3.8) is 0 Å². The Bertz CT molecular complexity index is 829. The van der Waals surface area contributed by atoms with Crippen LogP contribution in [0.5, 0.6) is 0 Å². The zero-order chi connectivity index (χ0) is 18.1. The Morgan fingerprint density at radius 1 is 1.23 bits per heavy atom. The van der Waals surface area contributed by atoms with Crippen molar-refractivity contribution in [1.29, 1.82) is 0 Å². The van der Waals surface area contributed by atoms with Crippen LogP contribution in [-0.2, 0) is 24.3 Å². The highest BCUT2D eigenvalue weighted by molar-refractivity contribution is 5.96. The smallest absolute Gasteiger partial charge is 0.319 e. The fourth-order valence-electron chi connectivity index (χ4n) is 3.61. The maximum atomic E-state index is 12.1. The topological polar surface area (TPSA) is 92.2 Å². The normalized spacial score (nSPS) is 18.9. The Morgan fingerprint density at radius 2 is 2.04 bits per heavy atom. The molecule has 0 radical (unpaired) electrons. The molecule has 0 saturated carbocycles. The van der Waals surface area contributed by atoms with Crippen LogP contribution in [0.2, 0.25) is 0 Å². The van der Waals surface area contributed by atoms with Crippen LogP contribution in [0.25, 0.3) is 0 Å². The third-order valence-corrected chi connectivity index (χ3v) is 4.98. The molecular weight excluding hydrogens is 332 g/mol. The van der Waals surface area contributed by atoms with E-state index in [1.54, 1.807) is 0 Å². The molecule has 1 fully saturated rings. The first-order valence-electron chi connectivity index (χ1n) is 9.00. The van der Waals surface area contributed by atoms with Gasteiger partial charge in [0.15, 0.2) is 5.82 Å². The number of nitrogens with one attached hydrogen (secondary N) is 2. The van der Waals surface area contributed by atoms with Gasteiger partial charge in [0.05, 0.1) is 6.54 Å². The number of aryl methyl sites for hydroxylation is 1. The van der Waals surface area contributed by atoms with E-state index in [1.165, 1.54) is 0 Å². The molecule has 1 saturated heterocycles. The molecule has 26 heavy (non-hydrogen) atoms. The van der Waals surface area contributed by atoms with Gasteiger partial charge in [0.1, 0.15) is 5.82 Å². The predicted octanol–water partition coefficient (Wildman–Crippen LogP) is 2.06. The van der Waals surface area contributed by atoms with E-state index in [2.05, 4.69) is 25.4 Å². The first-order valence-corrected chi connectivity index (χ1v) is 9.00. The van der Waals surface area contributed by atoms with Gasteiger partial charge in [0.2, 0.25) is 5.91 Å². The quantitative estimate of drug-likeness (QED) is 0.879. The Kier molecular flexibility index (Phi) is 4.32. The first kappa shape index (κ1) is 16.6. The van der Waals surface area contributed by atoms with E-state index in [4.69, 9.17) is 0 Å². The van der Waals surface area contributed by atoms with Crippen LogP contribution in [0.4, 0.5) is 16.2 Å². The van der Waals surface area contributed by atoms with Crippen molar-refractivity contribution >= 4 is 23.3 Å². The van der Waals surface area contributed by atoms with Gasteiger partial charge in [-0.05, 0) is 44.0 Å². The highest BCUT2D eigenvalue weighted by atomic mass is 16.2. The summed E-state index contributed by atoms with van der Waals surface area (Å²) < 4.78 is 2.06. The number of aromatic nitrogens is 3. The summed E-state index contributed by atoms with van der Waals surface area (Å²) in [6, 6.07) is 7.26. The largest absolute Gasteiger partial charge is 0.331 e. The molecule has 0 aliphatic carbocycles. The summed E-state index contributed by atoms with van der Waals surface area (Å²) in [4.78, 5) is 25.9. The van der Waals surface area contributed by atoms with Gasteiger partial charge in [0, 0.05) is 36.8 Å². The lowest BCUT2D eigenvalue weighted by Crippen LogP contribution is -2.31. The van der Waals surface area contributed by atoms with Crippen LogP contribution in [0.3, 0.4) is 0 Å². The number of hydrogen-bond donors (Lipinski definition) is 2. The lowest BCUT2D eigenvalue weighted by atomic mass is 10.2. The Balaban J connectivity index is 1.33. The third-order valence-electron chi connectivity index (χ3n) is 4.98. The fourth-order valence-corrected chi connectivity index (χ4v) is 3.61. The van der Waals surface area contributed by atoms with E-state index < -0.39 is 0 Å². The van der Waals surface area contributed by atoms with E-state index in [0.29, 0.717) is 18.7 Å². The summed E-state index contributed by atoms with van der Waals surface area (Å²) in [5.41, 5.74) is 1.54. The number of hydrogen-bond acceptors (Lipinski definition) is 4. The van der Waals surface area contributed by atoms with Gasteiger partial charge in [-0.25, -0.2) is 4.79 Å². The molecule has 0 unspecified atom stereocenters. The first-order chi connectivity index (χ1) is 12.6. The minimum Gasteiger partial charge on any atom is -0.331 e. The number of amides is 3. The molecule has 1 aromatic heterocycles. The van der Waals surface area contributed by atoms with Crippen molar-refractivity contribution in [2.75, 3.05) is 10.2 Å². The standard InChI is InChI=1S/C18H22N6O2/c1-12-4-9-17(25)24(12)14-7-5-13(6-8-14)20-18(26)19-11-16-22-21-15-3-2-10-23(15)16/h5-8,12H,2-4,9-11H2,1H3,(H2,19,20,26)/t12-/m1/s1. The van der Waals surface area contributed by atoms with Crippen molar-refractivity contribution in [3.05, 3.63) is 35.9 Å². The number of rotatable bonds is 4. The number of urea groups is 1. The van der Waals surface area contributed by atoms with Crippen LogP contribution in [-0.4, -0.2) is 32.7 Å². The van der Waals surface area contributed by atoms with E-state index in [-0.39, 0.29) is 18.0 Å². The Morgan fingerprint density at radius 3 is 2.77 bits per heavy atom. The molecule has 2 aliphatic heterocycles. The molecule has 1 atom stereocenters. The van der Waals surface area contributed by atoms with Gasteiger partial charge in [-0.2, -0.15) is 0 Å². The molecule has 3 heterocycles. The molecule has 8 nitrogen and oxygen atoms in total. The lowest BCUT2D eigenvalue weighted by molar-refractivity contribution is -0.117. The fraction of sp³-hybridized carbons (Fsp3) is 0.444. The monoisotopic (exact) mass is 354 g/mol. The van der Waals surface area contributed by atoms with Gasteiger partial charge < -0.3 is 20.1 Å². The molecule has 2 N–H and O–H groups in total. The number of benzene rings is 1. The summed E-state index contributed by atoms with van der Waals surface area (Å²) in [6.45, 7) is 3.30. The molecule has 3 amide bonds. The van der Waals surface area contributed by atoms with E-state index >= 15 is 0 Å². The van der Waals surface area contributed by atoms with Crippen molar-refractivity contribution in [3.8, 4) is 0 Å². The molecule has 136 valence electrons. The van der Waals surface area contributed by atoms with Gasteiger partial charge >= 0.3 is 6.03 Å². The minimum atomic E-state index is -0.293. The van der Waals surface area contributed by atoms with E-state index in [0.717, 1.165) is 43.1 Å². The maximum Gasteiger partial charge on any atom is 0.319 e. The van der Waals surface area contributed by atoms with Gasteiger partial charge in [-0.1, -0.05) is 0 Å². The second kappa shape index (κ2) is 6.78. The zero-order valence-corrected chi connectivity index (χ0v) is 14.7. The molecule has 8 heteroatoms. The van der Waals surface area contributed by atoms with Crippen LogP contribution in [0.15, 0.2) is 24.3 Å². The van der Waals surface area contributed by atoms with Crippen molar-refractivity contribution in [2.45, 2.75) is 51.7 Å². The molecule has 0 bridgehead atoms. The molecular formula is C18H22N6O2. The van der Waals surface area contributed by atoms with Crippen LogP contribution in [0.1, 0.15) is 37.8 Å². The molecule has 4 rings (SSSR count). The van der Waals surface area contributed by atoms with Crippen molar-refractivity contribution in [2.24, 2.45) is 0 Å². The second-order valence-corrected chi connectivity index (χ2v) is 6.79. The summed E-state index contributed by atoms with van der Waals surface area (Å²) in [5, 5.41) is 13.9. The summed E-state index contributed by atoms with van der Waals surface area (Å²) in [5.74, 6) is 1.92. The average Bonchev–Trinajstić information content (AvgIpc) is 3.31. The second-order valence-electron chi connectivity index (χ2n) is 6.79. The predicted molar refractivity (Wildman–Crippen MR) is 96.8 cm³/mol. The molecule has 0 spiro atoms. The zero-order valence-electron chi connectivity index (χ0n) is 14.7. The van der Waals surface area contributed by atoms with E-state index in [1.807, 2.05) is 36.1 Å². The lowest BCUT2D eigenvalue weighted by Gasteiger charge is -2.22. The summed E-state index contributed by atoms with van der Waals surface area (Å²) >= 11 is 0. The highest BCUT2D eigenvalue weighted by Crippen LogP contribution is 2.27. The molecule has 2 aliphatic rings. The molecule has 2 aromatic rings. The van der Waals surface area contributed by atoms with Crippen LogP contribution < -0.4 is 15.5 Å². The van der Waals surface area contributed by atoms with Crippen LogP contribution >= 0.6 is 0 Å². The van der Waals surface area contributed by atoms with Gasteiger partial charge in [-0.3, -0.25) is 4.79 Å². The Labute approximate surface area is 151 Å². The highest BCUT2D eigenvalue weighted by Gasteiger charge is 2.28. The Hall–Kier alpha value is -2.90. The summed E-state index contributed by atoms with van der Waals surface area (Å²) in [7, 11) is 0. The summed E-state index contributed by atoms with van der Waals surface area (Å²) in [6.07, 6.45) is 3.50. The van der Waals surface area contributed by atoms with Crippen molar-refractivity contribution in [1.82, 2.24) is 20.1 Å². The SMILES string of the molecule is C[C@@H]1CCC(=O)N1c1ccc(NC(=O)NCc2nnc3n2CCC3)cc1. The number of carbonyl (C=O) groups is 2. The van der Waals surface area contributed by atoms with E-state index in [9.17, 15) is 9.59 Å². The number of nitrogens with zero attached hydrogens (tertiary/aromatic N) is 4.